The van der Waals surface area contributed by atoms with Crippen LogP contribution in [0.2, 0.25) is 0 Å². The number of rotatable bonds is 2. The van der Waals surface area contributed by atoms with Crippen molar-refractivity contribution in [2.45, 2.75) is 27.2 Å². The Balaban J connectivity index is 2.01. The van der Waals surface area contributed by atoms with Crippen molar-refractivity contribution in [2.75, 3.05) is 23.8 Å². The topological polar surface area (TPSA) is 79.5 Å². The lowest BCUT2D eigenvalue weighted by molar-refractivity contribution is -0.116. The molecule has 1 aromatic rings. The molecule has 0 spiro atoms. The summed E-state index contributed by atoms with van der Waals surface area (Å²) in [7, 11) is 0. The van der Waals surface area contributed by atoms with Gasteiger partial charge in [-0.25, -0.2) is 4.79 Å². The van der Waals surface area contributed by atoms with Crippen molar-refractivity contribution in [1.82, 2.24) is 5.32 Å². The largest absolute Gasteiger partial charge is 0.491 e. The summed E-state index contributed by atoms with van der Waals surface area (Å²) in [4.78, 5) is 23.3. The van der Waals surface area contributed by atoms with Gasteiger partial charge in [-0.1, -0.05) is 20.8 Å². The Morgan fingerprint density at radius 1 is 1.38 bits per heavy atom. The minimum absolute atomic E-state index is 0.0208. The minimum Gasteiger partial charge on any atom is -0.491 e. The summed E-state index contributed by atoms with van der Waals surface area (Å²) in [5, 5.41) is 8.30. The predicted molar refractivity (Wildman–Crippen MR) is 81.7 cm³/mol. The molecule has 0 fully saturated rings. The van der Waals surface area contributed by atoms with Gasteiger partial charge in [0.25, 0.3) is 0 Å². The molecule has 1 aliphatic rings. The third-order valence-corrected chi connectivity index (χ3v) is 2.88. The maximum Gasteiger partial charge on any atom is 0.319 e. The number of urea groups is 1. The summed E-state index contributed by atoms with van der Waals surface area (Å²) in [6, 6.07) is 4.90. The van der Waals surface area contributed by atoms with Crippen molar-refractivity contribution >= 4 is 23.3 Å². The number of carbonyl (C=O) groups excluding carboxylic acids is 2. The van der Waals surface area contributed by atoms with Gasteiger partial charge >= 0.3 is 6.03 Å². The van der Waals surface area contributed by atoms with Gasteiger partial charge in [0.1, 0.15) is 5.75 Å². The highest BCUT2D eigenvalue weighted by molar-refractivity contribution is 5.95. The lowest BCUT2D eigenvalue weighted by atomic mass is 9.97. The van der Waals surface area contributed by atoms with E-state index in [2.05, 4.69) is 16.0 Å². The van der Waals surface area contributed by atoms with E-state index in [-0.39, 0.29) is 17.4 Å². The number of hydrogen-bond acceptors (Lipinski definition) is 3. The minimum atomic E-state index is -0.272. The van der Waals surface area contributed by atoms with Crippen LogP contribution in [0.1, 0.15) is 27.2 Å². The molecule has 6 nitrogen and oxygen atoms in total. The molecule has 0 saturated carbocycles. The molecule has 0 radical (unpaired) electrons. The van der Waals surface area contributed by atoms with Gasteiger partial charge in [-0.15, -0.1) is 0 Å². The molecule has 21 heavy (non-hydrogen) atoms. The second-order valence-electron chi connectivity index (χ2n) is 6.23. The maximum atomic E-state index is 11.8. The second-order valence-corrected chi connectivity index (χ2v) is 6.23. The number of hydrogen-bond donors (Lipinski definition) is 3. The first-order valence-corrected chi connectivity index (χ1v) is 6.95. The Morgan fingerprint density at radius 2 is 2.14 bits per heavy atom. The Labute approximate surface area is 124 Å². The molecule has 1 heterocycles. The number of carbonyl (C=O) groups is 2. The van der Waals surface area contributed by atoms with Crippen LogP contribution in [0.25, 0.3) is 0 Å². The van der Waals surface area contributed by atoms with Crippen molar-refractivity contribution in [1.29, 1.82) is 0 Å². The van der Waals surface area contributed by atoms with Gasteiger partial charge in [-0.05, 0) is 23.6 Å². The number of amides is 3. The van der Waals surface area contributed by atoms with E-state index in [1.54, 1.807) is 18.2 Å². The molecule has 2 rings (SSSR count). The molecule has 114 valence electrons. The van der Waals surface area contributed by atoms with Gasteiger partial charge in [0, 0.05) is 12.2 Å². The Morgan fingerprint density at radius 3 is 2.86 bits per heavy atom. The third kappa shape index (κ3) is 4.66. The first kappa shape index (κ1) is 15.2. The van der Waals surface area contributed by atoms with E-state index >= 15 is 0 Å². The quantitative estimate of drug-likeness (QED) is 0.783. The molecule has 1 aliphatic heterocycles. The van der Waals surface area contributed by atoms with Gasteiger partial charge in [0.2, 0.25) is 5.91 Å². The van der Waals surface area contributed by atoms with Crippen LogP contribution in [0.3, 0.4) is 0 Å². The lowest BCUT2D eigenvalue weighted by Gasteiger charge is -2.19. The zero-order valence-electron chi connectivity index (χ0n) is 12.6. The fourth-order valence-electron chi connectivity index (χ4n) is 1.82. The second kappa shape index (κ2) is 6.03. The number of benzene rings is 1. The lowest BCUT2D eigenvalue weighted by Crippen LogP contribution is -2.35. The van der Waals surface area contributed by atoms with Crippen LogP contribution >= 0.6 is 0 Å². The molecule has 6 heteroatoms. The highest BCUT2D eigenvalue weighted by Crippen LogP contribution is 2.30. The Bertz CT molecular complexity index is 550. The van der Waals surface area contributed by atoms with Crippen LogP contribution in [0.4, 0.5) is 16.2 Å². The van der Waals surface area contributed by atoms with Crippen LogP contribution < -0.4 is 20.7 Å². The molecule has 0 aliphatic carbocycles. The average molecular weight is 291 g/mol. The Kier molecular flexibility index (Phi) is 4.35. The summed E-state index contributed by atoms with van der Waals surface area (Å²) in [5.41, 5.74) is 1.20. The summed E-state index contributed by atoms with van der Waals surface area (Å²) < 4.78 is 5.46. The van der Waals surface area contributed by atoms with Gasteiger partial charge in [0.15, 0.2) is 0 Å². The smallest absolute Gasteiger partial charge is 0.319 e. The van der Waals surface area contributed by atoms with Crippen molar-refractivity contribution < 1.29 is 14.3 Å². The predicted octanol–water partition coefficient (Wildman–Crippen LogP) is 2.58. The van der Waals surface area contributed by atoms with Crippen molar-refractivity contribution in [3.8, 4) is 5.75 Å². The zero-order chi connectivity index (χ0) is 15.5. The van der Waals surface area contributed by atoms with Crippen LogP contribution in [-0.4, -0.2) is 25.1 Å². The zero-order valence-corrected chi connectivity index (χ0v) is 12.6. The third-order valence-electron chi connectivity index (χ3n) is 2.88. The summed E-state index contributed by atoms with van der Waals surface area (Å²) in [5.74, 6) is 0.518. The SMILES string of the molecule is CC(C)(C)CNC(=O)Nc1ccc2c(c1)NC(=O)CCO2. The van der Waals surface area contributed by atoms with E-state index in [4.69, 9.17) is 4.74 Å². The van der Waals surface area contributed by atoms with Crippen molar-refractivity contribution in [3.05, 3.63) is 18.2 Å². The molecule has 3 N–H and O–H groups in total. The summed E-state index contributed by atoms with van der Waals surface area (Å²) >= 11 is 0. The summed E-state index contributed by atoms with van der Waals surface area (Å²) in [6.07, 6.45) is 0.323. The van der Waals surface area contributed by atoms with E-state index in [9.17, 15) is 9.59 Å². The highest BCUT2D eigenvalue weighted by Gasteiger charge is 2.15. The molecule has 0 unspecified atom stereocenters. The first-order chi connectivity index (χ1) is 9.83. The molecular formula is C15H21N3O3. The van der Waals surface area contributed by atoms with E-state index in [0.29, 0.717) is 36.7 Å². The van der Waals surface area contributed by atoms with E-state index in [0.717, 1.165) is 0 Å². The molecule has 1 aromatic carbocycles. The van der Waals surface area contributed by atoms with Gasteiger partial charge < -0.3 is 20.7 Å². The highest BCUT2D eigenvalue weighted by atomic mass is 16.5. The standard InChI is InChI=1S/C15H21N3O3/c1-15(2,3)9-16-14(20)17-10-4-5-12-11(8-10)18-13(19)6-7-21-12/h4-5,8H,6-7,9H2,1-3H3,(H,18,19)(H2,16,17,20). The monoisotopic (exact) mass is 291 g/mol. The molecule has 0 bridgehead atoms. The normalized spacial score (nSPS) is 14.3. The van der Waals surface area contributed by atoms with Crippen molar-refractivity contribution in [3.63, 3.8) is 0 Å². The van der Waals surface area contributed by atoms with E-state index < -0.39 is 0 Å². The summed E-state index contributed by atoms with van der Waals surface area (Å²) in [6.45, 7) is 7.06. The average Bonchev–Trinajstić information content (AvgIpc) is 2.56. The van der Waals surface area contributed by atoms with Gasteiger partial charge in [-0.2, -0.15) is 0 Å². The molecule has 0 aromatic heterocycles. The molecule has 0 atom stereocenters. The van der Waals surface area contributed by atoms with Gasteiger partial charge in [0.05, 0.1) is 18.7 Å². The van der Waals surface area contributed by atoms with Crippen LogP contribution in [0.5, 0.6) is 5.75 Å². The molecule has 0 saturated heterocycles. The van der Waals surface area contributed by atoms with E-state index in [1.807, 2.05) is 20.8 Å². The first-order valence-electron chi connectivity index (χ1n) is 6.95. The van der Waals surface area contributed by atoms with Gasteiger partial charge in [-0.3, -0.25) is 4.79 Å². The van der Waals surface area contributed by atoms with Crippen LogP contribution in [0, 0.1) is 5.41 Å². The molecule has 3 amide bonds. The fourth-order valence-corrected chi connectivity index (χ4v) is 1.82. The number of fused-ring (bicyclic) bond motifs is 1. The van der Waals surface area contributed by atoms with Crippen molar-refractivity contribution in [2.24, 2.45) is 5.41 Å². The Hall–Kier alpha value is -2.24. The maximum absolute atomic E-state index is 11.8. The fraction of sp³-hybridized carbons (Fsp3) is 0.467. The van der Waals surface area contributed by atoms with Crippen LogP contribution in [0.15, 0.2) is 18.2 Å². The molecular weight excluding hydrogens is 270 g/mol. The van der Waals surface area contributed by atoms with E-state index in [1.165, 1.54) is 0 Å². The number of nitrogens with one attached hydrogen (secondary N) is 3. The number of ether oxygens (including phenoxy) is 1. The number of anilines is 2. The van der Waals surface area contributed by atoms with Crippen LogP contribution in [-0.2, 0) is 4.79 Å².